The van der Waals surface area contributed by atoms with E-state index in [0.29, 0.717) is 13.1 Å². The van der Waals surface area contributed by atoms with Crippen molar-refractivity contribution in [1.82, 2.24) is 4.31 Å². The number of thioether (sulfide) groups is 1. The fraction of sp³-hybridized carbons (Fsp3) is 0.316. The van der Waals surface area contributed by atoms with Gasteiger partial charge in [0.1, 0.15) is 5.75 Å². The molecule has 3 rings (SSSR count). The molecule has 0 atom stereocenters. The number of aryl methyl sites for hydroxylation is 1. The van der Waals surface area contributed by atoms with Gasteiger partial charge in [0.2, 0.25) is 15.9 Å². The molecule has 6 nitrogen and oxygen atoms in total. The molecule has 2 aromatic carbocycles. The SMILES string of the molecule is Cc1ccc(SCC(=O)Nc2cc(S(=O)(=O)N3CCCC3)ccc2O)cc1. The average Bonchev–Trinajstić information content (AvgIpc) is 3.18. The van der Waals surface area contributed by atoms with Crippen molar-refractivity contribution >= 4 is 33.4 Å². The fourth-order valence-corrected chi connectivity index (χ4v) is 5.07. The lowest BCUT2D eigenvalue weighted by molar-refractivity contribution is -0.113. The van der Waals surface area contributed by atoms with Crippen LogP contribution in [0.25, 0.3) is 0 Å². The summed E-state index contributed by atoms with van der Waals surface area (Å²) in [5.74, 6) is -0.318. The highest BCUT2D eigenvalue weighted by molar-refractivity contribution is 8.00. The number of anilines is 1. The Morgan fingerprint density at radius 1 is 1.15 bits per heavy atom. The summed E-state index contributed by atoms with van der Waals surface area (Å²) in [6, 6.07) is 11.8. The molecule has 2 N–H and O–H groups in total. The molecule has 1 fully saturated rings. The Morgan fingerprint density at radius 2 is 1.81 bits per heavy atom. The van der Waals surface area contributed by atoms with Crippen molar-refractivity contribution in [3.05, 3.63) is 48.0 Å². The number of rotatable bonds is 6. The molecule has 0 spiro atoms. The minimum Gasteiger partial charge on any atom is -0.506 e. The number of carbonyl (C=O) groups excluding carboxylic acids is 1. The number of nitrogens with zero attached hydrogens (tertiary/aromatic N) is 1. The second-order valence-electron chi connectivity index (χ2n) is 6.44. The van der Waals surface area contributed by atoms with E-state index in [-0.39, 0.29) is 28.0 Å². The summed E-state index contributed by atoms with van der Waals surface area (Å²) in [5, 5.41) is 12.6. The lowest BCUT2D eigenvalue weighted by Gasteiger charge is -2.16. The van der Waals surface area contributed by atoms with E-state index in [2.05, 4.69) is 5.32 Å². The summed E-state index contributed by atoms with van der Waals surface area (Å²) in [6.07, 6.45) is 1.69. The average molecular weight is 407 g/mol. The molecule has 2 aromatic rings. The van der Waals surface area contributed by atoms with Crippen LogP contribution in [-0.2, 0) is 14.8 Å². The summed E-state index contributed by atoms with van der Waals surface area (Å²) < 4.78 is 26.7. The van der Waals surface area contributed by atoms with E-state index >= 15 is 0 Å². The van der Waals surface area contributed by atoms with Gasteiger partial charge in [0.25, 0.3) is 0 Å². The molecule has 0 aliphatic carbocycles. The maximum Gasteiger partial charge on any atom is 0.243 e. The molecule has 1 saturated heterocycles. The van der Waals surface area contributed by atoms with Gasteiger partial charge >= 0.3 is 0 Å². The number of hydrogen-bond donors (Lipinski definition) is 2. The molecule has 0 radical (unpaired) electrons. The zero-order valence-electron chi connectivity index (χ0n) is 15.0. The summed E-state index contributed by atoms with van der Waals surface area (Å²) in [7, 11) is -3.61. The van der Waals surface area contributed by atoms with Crippen LogP contribution in [0, 0.1) is 6.92 Å². The molecule has 0 saturated carbocycles. The van der Waals surface area contributed by atoms with Crippen LogP contribution < -0.4 is 5.32 Å². The maximum absolute atomic E-state index is 12.6. The van der Waals surface area contributed by atoms with Gasteiger partial charge in [-0.15, -0.1) is 11.8 Å². The Kier molecular flexibility index (Phi) is 6.08. The second-order valence-corrected chi connectivity index (χ2v) is 9.43. The van der Waals surface area contributed by atoms with Crippen molar-refractivity contribution in [3.8, 4) is 5.75 Å². The molecule has 1 aliphatic rings. The van der Waals surface area contributed by atoms with Gasteiger partial charge < -0.3 is 10.4 Å². The standard InChI is InChI=1S/C19H22N2O4S2/c1-14-4-6-15(7-5-14)26-13-19(23)20-17-12-16(8-9-18(17)22)27(24,25)21-10-2-3-11-21/h4-9,12,22H,2-3,10-11,13H2,1H3,(H,20,23). The third kappa shape index (κ3) is 4.82. The van der Waals surface area contributed by atoms with Gasteiger partial charge in [0, 0.05) is 18.0 Å². The summed E-state index contributed by atoms with van der Waals surface area (Å²) in [5.41, 5.74) is 1.24. The van der Waals surface area contributed by atoms with Crippen LogP contribution in [0.5, 0.6) is 5.75 Å². The molecular weight excluding hydrogens is 384 g/mol. The van der Waals surface area contributed by atoms with E-state index in [1.54, 1.807) is 0 Å². The van der Waals surface area contributed by atoms with Crippen molar-refractivity contribution in [2.24, 2.45) is 0 Å². The van der Waals surface area contributed by atoms with Gasteiger partial charge in [-0.05, 0) is 50.1 Å². The molecular formula is C19H22N2O4S2. The molecule has 1 amide bonds. The Morgan fingerprint density at radius 3 is 2.48 bits per heavy atom. The number of benzene rings is 2. The molecule has 1 aliphatic heterocycles. The van der Waals surface area contributed by atoms with E-state index in [1.165, 1.54) is 34.3 Å². The van der Waals surface area contributed by atoms with E-state index in [1.807, 2.05) is 31.2 Å². The fourth-order valence-electron chi connectivity index (χ4n) is 2.82. The van der Waals surface area contributed by atoms with Gasteiger partial charge in [-0.25, -0.2) is 8.42 Å². The molecule has 144 valence electrons. The van der Waals surface area contributed by atoms with Crippen LogP contribution in [0.15, 0.2) is 52.3 Å². The number of sulfonamides is 1. The van der Waals surface area contributed by atoms with Crippen LogP contribution in [0.1, 0.15) is 18.4 Å². The molecule has 1 heterocycles. The lowest BCUT2D eigenvalue weighted by atomic mass is 10.2. The molecule has 0 unspecified atom stereocenters. The van der Waals surface area contributed by atoms with Gasteiger partial charge in [0.05, 0.1) is 16.3 Å². The Hall–Kier alpha value is -2.03. The minimum atomic E-state index is -3.61. The first-order valence-electron chi connectivity index (χ1n) is 8.69. The second kappa shape index (κ2) is 8.33. The van der Waals surface area contributed by atoms with Crippen molar-refractivity contribution in [1.29, 1.82) is 0 Å². The van der Waals surface area contributed by atoms with E-state index < -0.39 is 10.0 Å². The largest absolute Gasteiger partial charge is 0.506 e. The van der Waals surface area contributed by atoms with Crippen LogP contribution in [0.2, 0.25) is 0 Å². The number of phenols is 1. The summed E-state index contributed by atoms with van der Waals surface area (Å²) in [6.45, 7) is 2.99. The Balaban J connectivity index is 1.68. The van der Waals surface area contributed by atoms with Crippen LogP contribution >= 0.6 is 11.8 Å². The third-order valence-corrected chi connectivity index (χ3v) is 7.24. The number of amides is 1. The van der Waals surface area contributed by atoms with Gasteiger partial charge in [-0.1, -0.05) is 17.7 Å². The Bertz CT molecular complexity index is 921. The number of aromatic hydroxyl groups is 1. The van der Waals surface area contributed by atoms with E-state index in [4.69, 9.17) is 0 Å². The number of hydrogen-bond acceptors (Lipinski definition) is 5. The highest BCUT2D eigenvalue weighted by Gasteiger charge is 2.27. The van der Waals surface area contributed by atoms with Crippen molar-refractivity contribution in [3.63, 3.8) is 0 Å². The minimum absolute atomic E-state index is 0.0729. The van der Waals surface area contributed by atoms with Crippen LogP contribution in [-0.4, -0.2) is 42.6 Å². The maximum atomic E-state index is 12.6. The van der Waals surface area contributed by atoms with Crippen LogP contribution in [0.3, 0.4) is 0 Å². The smallest absolute Gasteiger partial charge is 0.243 e. The first-order valence-corrected chi connectivity index (χ1v) is 11.1. The van der Waals surface area contributed by atoms with E-state index in [9.17, 15) is 18.3 Å². The molecule has 8 heteroatoms. The van der Waals surface area contributed by atoms with Gasteiger partial charge in [-0.2, -0.15) is 4.31 Å². The number of phenolic OH excluding ortho intramolecular Hbond substituents is 1. The quantitative estimate of drug-likeness (QED) is 0.568. The third-order valence-electron chi connectivity index (χ3n) is 4.34. The molecule has 0 bridgehead atoms. The Labute approximate surface area is 163 Å². The molecule has 0 aromatic heterocycles. The van der Waals surface area contributed by atoms with Crippen molar-refractivity contribution < 1.29 is 18.3 Å². The first kappa shape index (κ1) is 19.7. The van der Waals surface area contributed by atoms with Crippen molar-refractivity contribution in [2.45, 2.75) is 29.6 Å². The van der Waals surface area contributed by atoms with E-state index in [0.717, 1.165) is 23.3 Å². The summed E-state index contributed by atoms with van der Waals surface area (Å²) in [4.78, 5) is 13.3. The van der Waals surface area contributed by atoms with Gasteiger partial charge in [-0.3, -0.25) is 4.79 Å². The molecule has 27 heavy (non-hydrogen) atoms. The predicted molar refractivity (Wildman–Crippen MR) is 107 cm³/mol. The van der Waals surface area contributed by atoms with Crippen LogP contribution in [0.4, 0.5) is 5.69 Å². The highest BCUT2D eigenvalue weighted by atomic mass is 32.2. The summed E-state index contributed by atoms with van der Waals surface area (Å²) >= 11 is 1.37. The normalized spacial score (nSPS) is 15.0. The number of nitrogens with one attached hydrogen (secondary N) is 1. The zero-order valence-corrected chi connectivity index (χ0v) is 16.6. The van der Waals surface area contributed by atoms with Crippen molar-refractivity contribution in [2.75, 3.05) is 24.2 Å². The zero-order chi connectivity index (χ0) is 19.4. The lowest BCUT2D eigenvalue weighted by Crippen LogP contribution is -2.28. The highest BCUT2D eigenvalue weighted by Crippen LogP contribution is 2.29. The van der Waals surface area contributed by atoms with Gasteiger partial charge in [0.15, 0.2) is 0 Å². The number of carbonyl (C=O) groups is 1. The monoisotopic (exact) mass is 406 g/mol. The predicted octanol–water partition coefficient (Wildman–Crippen LogP) is 3.22. The topological polar surface area (TPSA) is 86.7 Å². The first-order chi connectivity index (χ1) is 12.9.